The lowest BCUT2D eigenvalue weighted by molar-refractivity contribution is 0.476. The van der Waals surface area contributed by atoms with Crippen LogP contribution in [0.25, 0.3) is 0 Å². The Morgan fingerprint density at radius 1 is 1.33 bits per heavy atom. The maximum absolute atomic E-state index is 11.9. The Morgan fingerprint density at radius 3 is 2.67 bits per heavy atom. The summed E-state index contributed by atoms with van der Waals surface area (Å²) in [5.41, 5.74) is -0.307. The van der Waals surface area contributed by atoms with Crippen LogP contribution < -0.4 is 10.3 Å². The first kappa shape index (κ1) is 13.6. The molecule has 1 aromatic heterocycles. The Hall–Kier alpha value is -0.790. The van der Waals surface area contributed by atoms with E-state index >= 15 is 0 Å². The molecule has 1 fully saturated rings. The molecule has 0 bridgehead atoms. The van der Waals surface area contributed by atoms with Gasteiger partial charge in [-0.15, -0.1) is 0 Å². The molecule has 100 valence electrons. The number of rotatable bonds is 4. The van der Waals surface area contributed by atoms with Crippen LogP contribution >= 0.6 is 11.8 Å². The quantitative estimate of drug-likeness (QED) is 0.859. The van der Waals surface area contributed by atoms with Gasteiger partial charge >= 0.3 is 0 Å². The Balaban J connectivity index is 1.98. The number of pyridine rings is 1. The van der Waals surface area contributed by atoms with Crippen molar-refractivity contribution in [1.29, 1.82) is 0 Å². The van der Waals surface area contributed by atoms with Crippen molar-refractivity contribution >= 4 is 21.8 Å². The topological polar surface area (TPSA) is 79.0 Å². The van der Waals surface area contributed by atoms with Gasteiger partial charge in [0.1, 0.15) is 0 Å². The molecule has 1 aromatic rings. The maximum Gasteiger partial charge on any atom is 0.247 e. The summed E-state index contributed by atoms with van der Waals surface area (Å²) in [5, 5.41) is 0. The molecule has 0 saturated carbocycles. The van der Waals surface area contributed by atoms with Crippen molar-refractivity contribution < 1.29 is 8.42 Å². The van der Waals surface area contributed by atoms with Gasteiger partial charge in [0.25, 0.3) is 0 Å². The van der Waals surface area contributed by atoms with E-state index in [0.717, 1.165) is 24.3 Å². The largest absolute Gasteiger partial charge is 0.328 e. The molecule has 2 rings (SSSR count). The van der Waals surface area contributed by atoms with Crippen molar-refractivity contribution in [1.82, 2.24) is 9.71 Å². The van der Waals surface area contributed by atoms with Crippen LogP contribution in [0.1, 0.15) is 12.8 Å². The summed E-state index contributed by atoms with van der Waals surface area (Å²) in [4.78, 5) is 13.4. The zero-order chi connectivity index (χ0) is 13.0. The van der Waals surface area contributed by atoms with E-state index in [1.165, 1.54) is 18.3 Å². The van der Waals surface area contributed by atoms with E-state index in [1.807, 2.05) is 11.8 Å². The van der Waals surface area contributed by atoms with E-state index in [2.05, 4.69) is 9.71 Å². The van der Waals surface area contributed by atoms with Crippen LogP contribution in [0, 0.1) is 5.92 Å². The lowest BCUT2D eigenvalue weighted by Gasteiger charge is -2.21. The Bertz CT molecular complexity index is 527. The van der Waals surface area contributed by atoms with Crippen molar-refractivity contribution in [3.63, 3.8) is 0 Å². The first-order valence-corrected chi connectivity index (χ1v) is 8.48. The van der Waals surface area contributed by atoms with E-state index in [9.17, 15) is 13.2 Å². The molecule has 5 nitrogen and oxygen atoms in total. The van der Waals surface area contributed by atoms with Gasteiger partial charge in [-0.2, -0.15) is 11.8 Å². The molecule has 0 radical (unpaired) electrons. The van der Waals surface area contributed by atoms with Crippen LogP contribution in [-0.2, 0) is 10.0 Å². The molecular weight excluding hydrogens is 272 g/mol. The summed E-state index contributed by atoms with van der Waals surface area (Å²) in [6.45, 7) is 0.474. The minimum Gasteiger partial charge on any atom is -0.328 e. The average molecular weight is 288 g/mol. The van der Waals surface area contributed by atoms with Crippen molar-refractivity contribution in [2.75, 3.05) is 18.1 Å². The van der Waals surface area contributed by atoms with Gasteiger partial charge < -0.3 is 4.98 Å². The number of hydrogen-bond acceptors (Lipinski definition) is 4. The molecule has 1 aliphatic heterocycles. The predicted molar refractivity (Wildman–Crippen MR) is 72.3 cm³/mol. The van der Waals surface area contributed by atoms with Crippen molar-refractivity contribution in [2.24, 2.45) is 5.92 Å². The average Bonchev–Trinajstić information content (AvgIpc) is 2.38. The zero-order valence-corrected chi connectivity index (χ0v) is 11.5. The Morgan fingerprint density at radius 2 is 2.06 bits per heavy atom. The SMILES string of the molecule is O=c1ccc(S(=O)(=O)NCC2CCSCC2)c[nH]1. The minimum absolute atomic E-state index is 0.104. The second-order valence-electron chi connectivity index (χ2n) is 4.30. The summed E-state index contributed by atoms with van der Waals surface area (Å²) >= 11 is 1.91. The number of sulfonamides is 1. The van der Waals surface area contributed by atoms with Gasteiger partial charge in [0.15, 0.2) is 0 Å². The van der Waals surface area contributed by atoms with E-state index < -0.39 is 10.0 Å². The number of thioether (sulfide) groups is 1. The highest BCUT2D eigenvalue weighted by Crippen LogP contribution is 2.22. The van der Waals surface area contributed by atoms with Crippen LogP contribution in [0.5, 0.6) is 0 Å². The highest BCUT2D eigenvalue weighted by molar-refractivity contribution is 7.99. The highest BCUT2D eigenvalue weighted by atomic mass is 32.2. The van der Waals surface area contributed by atoms with Gasteiger partial charge in [-0.25, -0.2) is 13.1 Å². The molecular formula is C11H16N2O3S2. The lowest BCUT2D eigenvalue weighted by Crippen LogP contribution is -2.31. The fourth-order valence-corrected chi connectivity index (χ4v) is 4.11. The van der Waals surface area contributed by atoms with Crippen LogP contribution in [0.3, 0.4) is 0 Å². The molecule has 0 atom stereocenters. The second-order valence-corrected chi connectivity index (χ2v) is 7.29. The first-order valence-electron chi connectivity index (χ1n) is 5.84. The van der Waals surface area contributed by atoms with Gasteiger partial charge in [-0.3, -0.25) is 4.79 Å². The molecule has 2 heterocycles. The van der Waals surface area contributed by atoms with E-state index in [4.69, 9.17) is 0 Å². The predicted octanol–water partition coefficient (Wildman–Crippen LogP) is 0.796. The smallest absolute Gasteiger partial charge is 0.247 e. The molecule has 0 amide bonds. The molecule has 0 aliphatic carbocycles. The normalized spacial score (nSPS) is 17.8. The second kappa shape index (κ2) is 5.90. The fraction of sp³-hybridized carbons (Fsp3) is 0.545. The number of H-pyrrole nitrogens is 1. The van der Waals surface area contributed by atoms with Gasteiger partial charge in [0.05, 0.1) is 4.90 Å². The lowest BCUT2D eigenvalue weighted by atomic mass is 10.0. The van der Waals surface area contributed by atoms with Crippen LogP contribution in [0.4, 0.5) is 0 Å². The molecule has 0 unspecified atom stereocenters. The van der Waals surface area contributed by atoms with Gasteiger partial charge in [-0.05, 0) is 36.3 Å². The third-order valence-corrected chi connectivity index (χ3v) is 5.44. The van der Waals surface area contributed by atoms with Gasteiger partial charge in [-0.1, -0.05) is 0 Å². The number of hydrogen-bond donors (Lipinski definition) is 2. The third kappa shape index (κ3) is 3.60. The van der Waals surface area contributed by atoms with Crippen molar-refractivity contribution in [3.8, 4) is 0 Å². The zero-order valence-electron chi connectivity index (χ0n) is 9.89. The van der Waals surface area contributed by atoms with Crippen LogP contribution in [0.15, 0.2) is 28.0 Å². The van der Waals surface area contributed by atoms with E-state index in [0.29, 0.717) is 12.5 Å². The van der Waals surface area contributed by atoms with Crippen molar-refractivity contribution in [3.05, 3.63) is 28.7 Å². The fourth-order valence-electron chi connectivity index (χ4n) is 1.82. The molecule has 1 aliphatic rings. The Labute approximate surface area is 110 Å². The monoisotopic (exact) mass is 288 g/mol. The summed E-state index contributed by atoms with van der Waals surface area (Å²) < 4.78 is 26.5. The highest BCUT2D eigenvalue weighted by Gasteiger charge is 2.18. The molecule has 18 heavy (non-hydrogen) atoms. The van der Waals surface area contributed by atoms with Gasteiger partial charge in [0, 0.05) is 18.8 Å². The van der Waals surface area contributed by atoms with Crippen LogP contribution in [-0.4, -0.2) is 31.5 Å². The molecule has 7 heteroatoms. The van der Waals surface area contributed by atoms with E-state index in [1.54, 1.807) is 0 Å². The molecule has 0 aromatic carbocycles. The van der Waals surface area contributed by atoms with E-state index in [-0.39, 0.29) is 10.5 Å². The summed E-state index contributed by atoms with van der Waals surface area (Å²) in [7, 11) is -3.50. The maximum atomic E-state index is 11.9. The third-order valence-electron chi connectivity index (χ3n) is 2.97. The summed E-state index contributed by atoms with van der Waals surface area (Å²) in [5.74, 6) is 2.62. The van der Waals surface area contributed by atoms with Crippen LogP contribution in [0.2, 0.25) is 0 Å². The molecule has 1 saturated heterocycles. The molecule has 0 spiro atoms. The number of aromatic nitrogens is 1. The number of aromatic amines is 1. The standard InChI is InChI=1S/C11H16N2O3S2/c14-11-2-1-10(8-12-11)18(15,16)13-7-9-3-5-17-6-4-9/h1-2,8-9,13H,3-7H2,(H,12,14). The first-order chi connectivity index (χ1) is 8.58. The van der Waals surface area contributed by atoms with Gasteiger partial charge in [0.2, 0.25) is 15.6 Å². The summed E-state index contributed by atoms with van der Waals surface area (Å²) in [6, 6.07) is 2.53. The molecule has 2 N–H and O–H groups in total. The number of nitrogens with one attached hydrogen (secondary N) is 2. The summed E-state index contributed by atoms with van der Waals surface area (Å²) in [6.07, 6.45) is 3.33. The van der Waals surface area contributed by atoms with Crippen molar-refractivity contribution in [2.45, 2.75) is 17.7 Å². The Kier molecular flexibility index (Phi) is 4.47. The minimum atomic E-state index is -3.50.